The monoisotopic (exact) mass is 135 g/mol. The van der Waals surface area contributed by atoms with Crippen LogP contribution in [-0.4, -0.2) is 18.9 Å². The molecule has 0 spiro atoms. The first-order chi connectivity index (χ1) is 4.41. The molecule has 0 aromatic heterocycles. The number of hydrogen-bond donors (Lipinski definition) is 0. The molecule has 0 saturated heterocycles. The zero-order chi connectivity index (χ0) is 6.95. The van der Waals surface area contributed by atoms with Gasteiger partial charge in [-0.05, 0) is 0 Å². The topological polar surface area (TPSA) is 0 Å². The molecule has 0 aliphatic carbocycles. The van der Waals surface area contributed by atoms with Gasteiger partial charge in [0.1, 0.15) is 0 Å². The van der Waals surface area contributed by atoms with Crippen LogP contribution in [0.2, 0.25) is 0 Å². The van der Waals surface area contributed by atoms with Gasteiger partial charge in [-0.2, -0.15) is 0 Å². The molecule has 0 aromatic carbocycles. The number of hydrogen-bond acceptors (Lipinski definition) is 0. The largest absolute Gasteiger partial charge is 0.0654 e. The zero-order valence-electron chi connectivity index (χ0n) is 7.95. The summed E-state index contributed by atoms with van der Waals surface area (Å²) in [6, 6.07) is 0. The van der Waals surface area contributed by atoms with Gasteiger partial charge in [-0.3, -0.25) is 0 Å². The van der Waals surface area contributed by atoms with E-state index in [9.17, 15) is 0 Å². The predicted octanol–water partition coefficient (Wildman–Crippen LogP) is 3.38. The van der Waals surface area contributed by atoms with Crippen molar-refractivity contribution in [1.29, 1.82) is 0 Å². The van der Waals surface area contributed by atoms with E-state index in [4.69, 9.17) is 0 Å². The van der Waals surface area contributed by atoms with E-state index in [1.54, 1.807) is 0 Å². The Balaban J connectivity index is 0. The summed E-state index contributed by atoms with van der Waals surface area (Å²) in [4.78, 5) is 0. The van der Waals surface area contributed by atoms with E-state index >= 15 is 0 Å². The van der Waals surface area contributed by atoms with Crippen LogP contribution in [0.5, 0.6) is 0 Å². The van der Waals surface area contributed by atoms with Crippen LogP contribution in [0.4, 0.5) is 0 Å². The minimum Gasteiger partial charge on any atom is -0.0654 e. The van der Waals surface area contributed by atoms with Crippen LogP contribution in [0.1, 0.15) is 58.8 Å². The third-order valence-electron chi connectivity index (χ3n) is 1.71. The summed E-state index contributed by atoms with van der Waals surface area (Å²) in [5.74, 6) is 0. The quantitative estimate of drug-likeness (QED) is 0.387. The van der Waals surface area contributed by atoms with Gasteiger partial charge in [0.25, 0.3) is 0 Å². The minimum absolute atomic E-state index is 0. The molecule has 0 atom stereocenters. The van der Waals surface area contributed by atoms with Crippen LogP contribution < -0.4 is 0 Å². The second-order valence-corrected chi connectivity index (χ2v) is 2.77. The van der Waals surface area contributed by atoms with Crippen molar-refractivity contribution in [2.24, 2.45) is 0 Å². The predicted molar refractivity (Wildman–Crippen MR) is 49.4 cm³/mol. The van der Waals surface area contributed by atoms with Crippen molar-refractivity contribution in [3.05, 3.63) is 0 Å². The van der Waals surface area contributed by atoms with E-state index in [1.807, 2.05) is 0 Å². The van der Waals surface area contributed by atoms with Crippen LogP contribution in [-0.2, 0) is 0 Å². The Bertz CT molecular complexity index is 38.0. The van der Waals surface area contributed by atoms with Gasteiger partial charge in [0.05, 0.1) is 0 Å². The first-order valence-corrected chi connectivity index (χ1v) is 4.41. The Hall–Kier alpha value is 0.597. The molecular formula is C9H20Li. The van der Waals surface area contributed by atoms with Crippen molar-refractivity contribution in [2.75, 3.05) is 0 Å². The van der Waals surface area contributed by atoms with Crippen LogP contribution >= 0.6 is 0 Å². The van der Waals surface area contributed by atoms with Crippen LogP contribution in [0.3, 0.4) is 0 Å². The number of rotatable bonds is 6. The molecule has 0 bridgehead atoms. The summed E-state index contributed by atoms with van der Waals surface area (Å²) in [7, 11) is 0. The molecule has 0 nitrogen and oxygen atoms in total. The maximum absolute atomic E-state index is 2.26. The Labute approximate surface area is 78.0 Å². The second kappa shape index (κ2) is 12.3. The first kappa shape index (κ1) is 13.2. The Morgan fingerprint density at radius 2 is 0.900 bits per heavy atom. The molecule has 0 amide bonds. The zero-order valence-corrected chi connectivity index (χ0v) is 7.95. The SMILES string of the molecule is CCCCCCCCC.[Li]. The van der Waals surface area contributed by atoms with Gasteiger partial charge in [-0.25, -0.2) is 0 Å². The molecule has 0 saturated carbocycles. The molecular weight excluding hydrogens is 115 g/mol. The van der Waals surface area contributed by atoms with Crippen LogP contribution in [0.25, 0.3) is 0 Å². The molecule has 0 N–H and O–H groups in total. The summed E-state index contributed by atoms with van der Waals surface area (Å²) >= 11 is 0. The van der Waals surface area contributed by atoms with Gasteiger partial charge in [-0.15, -0.1) is 0 Å². The molecule has 0 unspecified atom stereocenters. The Morgan fingerprint density at radius 1 is 0.600 bits per heavy atom. The molecule has 1 heteroatoms. The maximum atomic E-state index is 2.26. The number of unbranched alkanes of at least 4 members (excludes halogenated alkanes) is 6. The maximum Gasteiger partial charge on any atom is 0 e. The van der Waals surface area contributed by atoms with E-state index in [0.29, 0.717) is 0 Å². The molecule has 10 heavy (non-hydrogen) atoms. The molecule has 1 radical (unpaired) electrons. The molecule has 0 fully saturated rings. The van der Waals surface area contributed by atoms with Crippen molar-refractivity contribution in [2.45, 2.75) is 58.8 Å². The second-order valence-electron chi connectivity index (χ2n) is 2.77. The summed E-state index contributed by atoms with van der Waals surface area (Å²) in [5.41, 5.74) is 0. The van der Waals surface area contributed by atoms with E-state index in [1.165, 1.54) is 44.9 Å². The van der Waals surface area contributed by atoms with Gasteiger partial charge >= 0.3 is 0 Å². The molecule has 0 rings (SSSR count). The molecule has 0 aliphatic rings. The van der Waals surface area contributed by atoms with Gasteiger partial charge in [0.15, 0.2) is 0 Å². The Kier molecular flexibility index (Phi) is 16.2. The third kappa shape index (κ3) is 11.4. The summed E-state index contributed by atoms with van der Waals surface area (Å²) in [6.45, 7) is 4.53. The fraction of sp³-hybridized carbons (Fsp3) is 1.00. The average Bonchev–Trinajstić information content (AvgIpc) is 1.89. The van der Waals surface area contributed by atoms with Crippen LogP contribution in [0, 0.1) is 0 Å². The molecule has 0 aromatic rings. The van der Waals surface area contributed by atoms with E-state index in [0.717, 1.165) is 0 Å². The van der Waals surface area contributed by atoms with Crippen molar-refractivity contribution in [3.8, 4) is 0 Å². The van der Waals surface area contributed by atoms with Gasteiger partial charge in [0, 0.05) is 18.9 Å². The average molecular weight is 135 g/mol. The molecule has 0 aliphatic heterocycles. The fourth-order valence-corrected chi connectivity index (χ4v) is 1.03. The van der Waals surface area contributed by atoms with Crippen molar-refractivity contribution >= 4 is 18.9 Å². The normalized spacial score (nSPS) is 9.00. The first-order valence-electron chi connectivity index (χ1n) is 4.41. The summed E-state index contributed by atoms with van der Waals surface area (Å²) in [6.07, 6.45) is 9.97. The molecule has 57 valence electrons. The summed E-state index contributed by atoms with van der Waals surface area (Å²) in [5, 5.41) is 0. The van der Waals surface area contributed by atoms with E-state index in [-0.39, 0.29) is 18.9 Å². The van der Waals surface area contributed by atoms with E-state index in [2.05, 4.69) is 13.8 Å². The van der Waals surface area contributed by atoms with Gasteiger partial charge in [-0.1, -0.05) is 58.8 Å². The smallest absolute Gasteiger partial charge is 0 e. The van der Waals surface area contributed by atoms with Gasteiger partial charge < -0.3 is 0 Å². The van der Waals surface area contributed by atoms with Crippen molar-refractivity contribution in [1.82, 2.24) is 0 Å². The summed E-state index contributed by atoms with van der Waals surface area (Å²) < 4.78 is 0. The fourth-order valence-electron chi connectivity index (χ4n) is 1.03. The Morgan fingerprint density at radius 3 is 1.20 bits per heavy atom. The van der Waals surface area contributed by atoms with Crippen molar-refractivity contribution in [3.63, 3.8) is 0 Å². The molecule has 0 heterocycles. The third-order valence-corrected chi connectivity index (χ3v) is 1.71. The van der Waals surface area contributed by atoms with Gasteiger partial charge in [0.2, 0.25) is 0 Å². The van der Waals surface area contributed by atoms with Crippen molar-refractivity contribution < 1.29 is 0 Å². The standard InChI is InChI=1S/C9H20.Li/c1-3-5-7-9-8-6-4-2;/h3-9H2,1-2H3;. The van der Waals surface area contributed by atoms with Crippen LogP contribution in [0.15, 0.2) is 0 Å². The van der Waals surface area contributed by atoms with E-state index < -0.39 is 0 Å². The minimum atomic E-state index is 0.